The fourth-order valence-corrected chi connectivity index (χ4v) is 1.93. The van der Waals surface area contributed by atoms with Gasteiger partial charge in [0, 0.05) is 5.56 Å². The van der Waals surface area contributed by atoms with Crippen molar-refractivity contribution in [3.63, 3.8) is 0 Å². The molecule has 1 saturated carbocycles. The number of benzene rings is 1. The van der Waals surface area contributed by atoms with Gasteiger partial charge in [0.05, 0.1) is 6.10 Å². The van der Waals surface area contributed by atoms with Crippen molar-refractivity contribution in [3.05, 3.63) is 29.8 Å². The number of hydrogen-bond acceptors (Lipinski definition) is 2. The molecule has 1 unspecified atom stereocenters. The number of alkyl halides is 3. The van der Waals surface area contributed by atoms with Crippen LogP contribution in [0.5, 0.6) is 5.75 Å². The summed E-state index contributed by atoms with van der Waals surface area (Å²) in [4.78, 5) is 0. The fraction of sp³-hybridized carbons (Fsp3) is 0.538. The van der Waals surface area contributed by atoms with Crippen LogP contribution in [0, 0.1) is 5.92 Å². The van der Waals surface area contributed by atoms with E-state index in [2.05, 4.69) is 4.74 Å². The maximum Gasteiger partial charge on any atom is 0.573 e. The Morgan fingerprint density at radius 1 is 1.28 bits per heavy atom. The van der Waals surface area contributed by atoms with Crippen molar-refractivity contribution >= 4 is 0 Å². The third-order valence-corrected chi connectivity index (χ3v) is 3.05. The highest BCUT2D eigenvalue weighted by Crippen LogP contribution is 2.38. The zero-order chi connectivity index (χ0) is 13.2. The van der Waals surface area contributed by atoms with Gasteiger partial charge >= 0.3 is 6.36 Å². The Morgan fingerprint density at radius 3 is 2.56 bits per heavy atom. The van der Waals surface area contributed by atoms with Crippen molar-refractivity contribution in [2.45, 2.75) is 38.1 Å². The van der Waals surface area contributed by atoms with Gasteiger partial charge in [-0.3, -0.25) is 0 Å². The molecule has 5 heteroatoms. The van der Waals surface area contributed by atoms with E-state index in [-0.39, 0.29) is 11.3 Å². The Hall–Kier alpha value is -1.23. The van der Waals surface area contributed by atoms with Gasteiger partial charge in [0.25, 0.3) is 0 Å². The molecule has 0 aromatic heterocycles. The topological polar surface area (TPSA) is 29.5 Å². The van der Waals surface area contributed by atoms with Crippen LogP contribution in [0.2, 0.25) is 0 Å². The lowest BCUT2D eigenvalue weighted by molar-refractivity contribution is -0.275. The molecule has 1 N–H and O–H groups in total. The number of halogens is 3. The summed E-state index contributed by atoms with van der Waals surface area (Å²) in [5, 5.41) is 9.93. The van der Waals surface area contributed by atoms with E-state index in [0.717, 1.165) is 19.3 Å². The first-order valence-corrected chi connectivity index (χ1v) is 5.98. The zero-order valence-corrected chi connectivity index (χ0v) is 9.78. The van der Waals surface area contributed by atoms with Gasteiger partial charge in [-0.2, -0.15) is 0 Å². The quantitative estimate of drug-likeness (QED) is 0.872. The van der Waals surface area contributed by atoms with Crippen molar-refractivity contribution in [3.8, 4) is 5.75 Å². The second-order valence-electron chi connectivity index (χ2n) is 4.62. The van der Waals surface area contributed by atoms with Crippen molar-refractivity contribution in [2.75, 3.05) is 0 Å². The molecule has 1 atom stereocenters. The molecule has 0 spiro atoms. The van der Waals surface area contributed by atoms with Crippen LogP contribution in [0.3, 0.4) is 0 Å². The van der Waals surface area contributed by atoms with Crippen LogP contribution in [0.25, 0.3) is 0 Å². The first-order valence-electron chi connectivity index (χ1n) is 5.98. The third kappa shape index (κ3) is 3.91. The predicted molar refractivity (Wildman–Crippen MR) is 60.0 cm³/mol. The molecule has 2 nitrogen and oxygen atoms in total. The molecule has 0 heterocycles. The van der Waals surface area contributed by atoms with Crippen LogP contribution in [-0.2, 0) is 0 Å². The lowest BCUT2D eigenvalue weighted by Crippen LogP contribution is -2.18. The molecular formula is C13H15F3O2. The van der Waals surface area contributed by atoms with E-state index in [1.807, 2.05) is 0 Å². The average molecular weight is 260 g/mol. The van der Waals surface area contributed by atoms with Gasteiger partial charge in [-0.15, -0.1) is 13.2 Å². The summed E-state index contributed by atoms with van der Waals surface area (Å²) in [7, 11) is 0. The molecule has 1 aromatic rings. The molecule has 1 aliphatic carbocycles. The van der Waals surface area contributed by atoms with E-state index >= 15 is 0 Å². The van der Waals surface area contributed by atoms with Gasteiger partial charge in [0.2, 0.25) is 0 Å². The van der Waals surface area contributed by atoms with Crippen LogP contribution in [0.15, 0.2) is 24.3 Å². The number of aliphatic hydroxyl groups is 1. The molecule has 0 aliphatic heterocycles. The molecule has 0 bridgehead atoms. The van der Waals surface area contributed by atoms with Crippen LogP contribution in [0.4, 0.5) is 13.2 Å². The first kappa shape index (κ1) is 13.2. The largest absolute Gasteiger partial charge is 0.573 e. The van der Waals surface area contributed by atoms with E-state index in [4.69, 9.17) is 0 Å². The Morgan fingerprint density at radius 2 is 1.94 bits per heavy atom. The van der Waals surface area contributed by atoms with Crippen LogP contribution >= 0.6 is 0 Å². The van der Waals surface area contributed by atoms with Crippen molar-refractivity contribution < 1.29 is 23.0 Å². The minimum absolute atomic E-state index is 0.204. The van der Waals surface area contributed by atoms with Crippen molar-refractivity contribution in [1.29, 1.82) is 0 Å². The molecule has 2 rings (SSSR count). The molecule has 0 radical (unpaired) electrons. The first-order chi connectivity index (χ1) is 8.46. The number of para-hydroxylation sites is 1. The summed E-state index contributed by atoms with van der Waals surface area (Å²) >= 11 is 0. The van der Waals surface area contributed by atoms with Gasteiger partial charge in [0.15, 0.2) is 0 Å². The SMILES string of the molecule is OC(CCC1CC1)c1ccccc1OC(F)(F)F. The molecule has 18 heavy (non-hydrogen) atoms. The van der Waals surface area contributed by atoms with E-state index in [1.54, 1.807) is 6.07 Å². The molecule has 1 fully saturated rings. The van der Waals surface area contributed by atoms with Gasteiger partial charge < -0.3 is 9.84 Å². The Bertz CT molecular complexity index is 399. The minimum atomic E-state index is -4.73. The van der Waals surface area contributed by atoms with Crippen molar-refractivity contribution in [1.82, 2.24) is 0 Å². The van der Waals surface area contributed by atoms with Crippen LogP contribution < -0.4 is 4.74 Å². The van der Waals surface area contributed by atoms with Crippen molar-refractivity contribution in [2.24, 2.45) is 5.92 Å². The smallest absolute Gasteiger partial charge is 0.405 e. The lowest BCUT2D eigenvalue weighted by Gasteiger charge is -2.17. The number of rotatable bonds is 5. The highest BCUT2D eigenvalue weighted by molar-refractivity contribution is 5.35. The summed E-state index contributed by atoms with van der Waals surface area (Å²) in [5.41, 5.74) is 0.204. The summed E-state index contributed by atoms with van der Waals surface area (Å²) in [6.45, 7) is 0. The highest BCUT2D eigenvalue weighted by atomic mass is 19.4. The highest BCUT2D eigenvalue weighted by Gasteiger charge is 2.33. The second-order valence-corrected chi connectivity index (χ2v) is 4.62. The zero-order valence-electron chi connectivity index (χ0n) is 9.78. The van der Waals surface area contributed by atoms with Crippen LogP contribution in [-0.4, -0.2) is 11.5 Å². The summed E-state index contributed by atoms with van der Waals surface area (Å²) in [6, 6.07) is 5.75. The Labute approximate surface area is 103 Å². The van der Waals surface area contributed by atoms with E-state index in [1.165, 1.54) is 18.2 Å². The predicted octanol–water partition coefficient (Wildman–Crippen LogP) is 3.81. The number of hydrogen-bond donors (Lipinski definition) is 1. The number of aliphatic hydroxyl groups excluding tert-OH is 1. The monoisotopic (exact) mass is 260 g/mol. The van der Waals surface area contributed by atoms with E-state index in [9.17, 15) is 18.3 Å². The molecule has 1 aliphatic rings. The summed E-state index contributed by atoms with van der Waals surface area (Å²) < 4.78 is 40.5. The van der Waals surface area contributed by atoms with Crippen LogP contribution in [0.1, 0.15) is 37.4 Å². The standard InChI is InChI=1S/C13H15F3O2/c14-13(15,16)18-12-4-2-1-3-10(12)11(17)8-7-9-5-6-9/h1-4,9,11,17H,5-8H2. The molecular weight excluding hydrogens is 245 g/mol. The Balaban J connectivity index is 2.04. The molecule has 0 saturated heterocycles. The second kappa shape index (κ2) is 5.18. The maximum absolute atomic E-state index is 12.2. The molecule has 1 aromatic carbocycles. The summed E-state index contributed by atoms with van der Waals surface area (Å²) in [5.74, 6) is 0.323. The van der Waals surface area contributed by atoms with Gasteiger partial charge in [-0.05, 0) is 24.8 Å². The van der Waals surface area contributed by atoms with E-state index < -0.39 is 12.5 Å². The maximum atomic E-state index is 12.2. The average Bonchev–Trinajstić information content (AvgIpc) is 3.08. The number of ether oxygens (including phenoxy) is 1. The molecule has 100 valence electrons. The van der Waals surface area contributed by atoms with E-state index in [0.29, 0.717) is 12.3 Å². The normalized spacial score (nSPS) is 17.6. The van der Waals surface area contributed by atoms with Gasteiger partial charge in [-0.25, -0.2) is 0 Å². The fourth-order valence-electron chi connectivity index (χ4n) is 1.93. The lowest BCUT2D eigenvalue weighted by atomic mass is 10.0. The molecule has 0 amide bonds. The Kier molecular flexibility index (Phi) is 3.80. The third-order valence-electron chi connectivity index (χ3n) is 3.05. The van der Waals surface area contributed by atoms with Gasteiger partial charge in [0.1, 0.15) is 5.75 Å². The summed E-state index contributed by atoms with van der Waals surface area (Å²) in [6.07, 6.45) is -1.98. The van der Waals surface area contributed by atoms with Gasteiger partial charge in [-0.1, -0.05) is 31.0 Å². The minimum Gasteiger partial charge on any atom is -0.405 e.